The lowest BCUT2D eigenvalue weighted by Crippen LogP contribution is -2.10. The molecule has 7 nitrogen and oxygen atoms in total. The third-order valence-corrected chi connectivity index (χ3v) is 4.33. The van der Waals surface area contributed by atoms with Crippen molar-refractivity contribution in [2.45, 2.75) is 17.0 Å². The third kappa shape index (κ3) is 3.92. The highest BCUT2D eigenvalue weighted by Crippen LogP contribution is 2.30. The van der Waals surface area contributed by atoms with Crippen LogP contribution < -0.4 is 5.32 Å². The molecule has 1 aromatic carbocycles. The van der Waals surface area contributed by atoms with Gasteiger partial charge in [0, 0.05) is 23.5 Å². The maximum absolute atomic E-state index is 4.35. The lowest BCUT2D eigenvalue weighted by molar-refractivity contribution is 0.788. The van der Waals surface area contributed by atoms with Crippen LogP contribution in [0.3, 0.4) is 0 Å². The van der Waals surface area contributed by atoms with Crippen LogP contribution in [0.15, 0.2) is 70.8 Å². The van der Waals surface area contributed by atoms with Crippen molar-refractivity contribution < 1.29 is 0 Å². The number of nitrogens with one attached hydrogen (secondary N) is 1. The van der Waals surface area contributed by atoms with E-state index in [1.54, 1.807) is 6.33 Å². The fourth-order valence-corrected chi connectivity index (χ4v) is 2.97. The van der Waals surface area contributed by atoms with E-state index in [-0.39, 0.29) is 0 Å². The highest BCUT2D eigenvalue weighted by Gasteiger charge is 2.09. The van der Waals surface area contributed by atoms with Gasteiger partial charge in [0.2, 0.25) is 0 Å². The van der Waals surface area contributed by atoms with Crippen molar-refractivity contribution >= 4 is 34.3 Å². The number of aromatic nitrogens is 5. The molecule has 25 heavy (non-hydrogen) atoms. The summed E-state index contributed by atoms with van der Waals surface area (Å²) in [6.07, 6.45) is 8.44. The van der Waals surface area contributed by atoms with Crippen molar-refractivity contribution in [3.8, 4) is 0 Å². The molecule has 0 atom stereocenters. The lowest BCUT2D eigenvalue weighted by atomic mass is 10.2. The van der Waals surface area contributed by atoms with Gasteiger partial charge in [-0.15, -0.1) is 10.2 Å². The number of aliphatic imine (C=N–C) groups is 1. The first kappa shape index (κ1) is 16.8. The highest BCUT2D eigenvalue weighted by atomic mass is 32.2. The minimum Gasteiger partial charge on any atom is -0.324 e. The van der Waals surface area contributed by atoms with Crippen LogP contribution in [0.1, 0.15) is 6.92 Å². The minimum absolute atomic E-state index is 0.656. The molecule has 0 aliphatic rings. The second kappa shape index (κ2) is 7.71. The van der Waals surface area contributed by atoms with Crippen LogP contribution in [0.25, 0.3) is 10.9 Å². The van der Waals surface area contributed by atoms with E-state index in [2.05, 4.69) is 37.1 Å². The summed E-state index contributed by atoms with van der Waals surface area (Å²) < 4.78 is 1.87. The second-order valence-corrected chi connectivity index (χ2v) is 6.09. The van der Waals surface area contributed by atoms with Crippen LogP contribution in [-0.4, -0.2) is 30.6 Å². The first-order valence-corrected chi connectivity index (χ1v) is 8.38. The monoisotopic (exact) mass is 351 g/mol. The van der Waals surface area contributed by atoms with E-state index in [1.807, 2.05) is 48.9 Å². The van der Waals surface area contributed by atoms with Gasteiger partial charge in [-0.05, 0) is 43.0 Å². The zero-order valence-electron chi connectivity index (χ0n) is 13.9. The zero-order chi connectivity index (χ0) is 17.6. The van der Waals surface area contributed by atoms with Gasteiger partial charge in [0.1, 0.15) is 24.3 Å². The fraction of sp³-hybridized carbons (Fsp3) is 0.118. The average Bonchev–Trinajstić information content (AvgIpc) is 3.01. The van der Waals surface area contributed by atoms with E-state index < -0.39 is 0 Å². The summed E-state index contributed by atoms with van der Waals surface area (Å²) >= 11 is 1.53. The van der Waals surface area contributed by atoms with Gasteiger partial charge in [-0.25, -0.2) is 15.0 Å². The molecule has 0 saturated heterocycles. The van der Waals surface area contributed by atoms with Crippen molar-refractivity contribution in [1.82, 2.24) is 24.7 Å². The molecule has 0 radical (unpaired) electrons. The molecule has 2 heterocycles. The largest absolute Gasteiger partial charge is 0.324 e. The van der Waals surface area contributed by atoms with Crippen LogP contribution >= 0.6 is 11.8 Å². The number of amidine groups is 1. The van der Waals surface area contributed by atoms with Crippen molar-refractivity contribution in [1.29, 1.82) is 0 Å². The summed E-state index contributed by atoms with van der Waals surface area (Å²) in [5, 5.41) is 12.9. The van der Waals surface area contributed by atoms with E-state index in [1.165, 1.54) is 24.3 Å². The first-order chi connectivity index (χ1) is 12.2. The molecule has 1 N–H and O–H groups in total. The number of aryl methyl sites for hydroxylation is 1. The van der Waals surface area contributed by atoms with Crippen molar-refractivity contribution in [3.05, 3.63) is 55.8 Å². The molecular formula is C17H17N7S. The molecule has 0 fully saturated rings. The van der Waals surface area contributed by atoms with Crippen molar-refractivity contribution in [3.63, 3.8) is 0 Å². The quantitative estimate of drug-likeness (QED) is 0.560. The Morgan fingerprint density at radius 1 is 1.36 bits per heavy atom. The molecule has 0 spiro atoms. The maximum atomic E-state index is 4.35. The van der Waals surface area contributed by atoms with Gasteiger partial charge in [0.15, 0.2) is 5.16 Å². The summed E-state index contributed by atoms with van der Waals surface area (Å²) in [5.74, 6) is 1.34. The Hall–Kier alpha value is -3.00. The minimum atomic E-state index is 0.656. The average molecular weight is 351 g/mol. The lowest BCUT2D eigenvalue weighted by Gasteiger charge is -2.09. The van der Waals surface area contributed by atoms with Crippen LogP contribution in [0.5, 0.6) is 0 Å². The van der Waals surface area contributed by atoms with Gasteiger partial charge in [-0.1, -0.05) is 12.7 Å². The SMILES string of the molecule is C=CN=C(/C=C\C)Nc1ncnc2ccc(Sc3nncn3C)cc12. The van der Waals surface area contributed by atoms with Crippen molar-refractivity contribution in [2.24, 2.45) is 12.0 Å². The number of hydrogen-bond donors (Lipinski definition) is 1. The predicted molar refractivity (Wildman–Crippen MR) is 101 cm³/mol. The van der Waals surface area contributed by atoms with E-state index in [0.717, 1.165) is 21.0 Å². The maximum Gasteiger partial charge on any atom is 0.195 e. The molecule has 126 valence electrons. The predicted octanol–water partition coefficient (Wildman–Crippen LogP) is 3.44. The van der Waals surface area contributed by atoms with Gasteiger partial charge in [0.05, 0.1) is 5.52 Å². The van der Waals surface area contributed by atoms with E-state index in [4.69, 9.17) is 0 Å². The molecule has 0 aliphatic heterocycles. The summed E-state index contributed by atoms with van der Waals surface area (Å²) in [6, 6.07) is 5.99. The Kier molecular flexibility index (Phi) is 5.20. The number of nitrogens with zero attached hydrogens (tertiary/aromatic N) is 6. The van der Waals surface area contributed by atoms with Crippen LogP contribution in [0, 0.1) is 0 Å². The van der Waals surface area contributed by atoms with E-state index in [0.29, 0.717) is 11.7 Å². The molecule has 0 bridgehead atoms. The molecule has 3 aromatic rings. The summed E-state index contributed by atoms with van der Waals surface area (Å²) in [4.78, 5) is 13.9. The molecule has 0 saturated carbocycles. The first-order valence-electron chi connectivity index (χ1n) is 7.56. The molecule has 0 unspecified atom stereocenters. The third-order valence-electron chi connectivity index (χ3n) is 3.29. The summed E-state index contributed by atoms with van der Waals surface area (Å²) in [5.41, 5.74) is 0.846. The Labute approximate surface area is 149 Å². The van der Waals surface area contributed by atoms with Gasteiger partial charge in [-0.3, -0.25) is 0 Å². The van der Waals surface area contributed by atoms with E-state index >= 15 is 0 Å². The van der Waals surface area contributed by atoms with Crippen LogP contribution in [-0.2, 0) is 7.05 Å². The number of hydrogen-bond acceptors (Lipinski definition) is 6. The number of allylic oxidation sites excluding steroid dienone is 1. The highest BCUT2D eigenvalue weighted by molar-refractivity contribution is 7.99. The Balaban J connectivity index is 1.98. The second-order valence-electron chi connectivity index (χ2n) is 5.05. The number of anilines is 1. The fourth-order valence-electron chi connectivity index (χ4n) is 2.16. The van der Waals surface area contributed by atoms with E-state index in [9.17, 15) is 0 Å². The molecule has 3 rings (SSSR count). The zero-order valence-corrected chi connectivity index (χ0v) is 14.7. The molecule has 0 amide bonds. The molecule has 8 heteroatoms. The van der Waals surface area contributed by atoms with Crippen LogP contribution in [0.2, 0.25) is 0 Å². The smallest absolute Gasteiger partial charge is 0.195 e. The normalized spacial score (nSPS) is 12.0. The standard InChI is InChI=1S/C17H17N7S/c1-4-6-15(18-5-2)22-16-13-9-12(7-8-14(13)19-10-20-16)25-17-23-21-11-24(17)3/h4-11H,2H2,1,3H3,(H,18,19,20,22)/b6-4-. The summed E-state index contributed by atoms with van der Waals surface area (Å²) in [6.45, 7) is 5.56. The molecule has 0 aliphatic carbocycles. The Morgan fingerprint density at radius 3 is 2.96 bits per heavy atom. The molecule has 2 aromatic heterocycles. The van der Waals surface area contributed by atoms with Gasteiger partial charge in [-0.2, -0.15) is 0 Å². The van der Waals surface area contributed by atoms with Gasteiger partial charge in [0.25, 0.3) is 0 Å². The topological polar surface area (TPSA) is 80.9 Å². The van der Waals surface area contributed by atoms with Crippen molar-refractivity contribution in [2.75, 3.05) is 5.32 Å². The Bertz CT molecular complexity index is 959. The van der Waals surface area contributed by atoms with Gasteiger partial charge < -0.3 is 9.88 Å². The number of fused-ring (bicyclic) bond motifs is 1. The number of benzene rings is 1. The van der Waals surface area contributed by atoms with Gasteiger partial charge >= 0.3 is 0 Å². The Morgan fingerprint density at radius 2 is 2.24 bits per heavy atom. The summed E-state index contributed by atoms with van der Waals surface area (Å²) in [7, 11) is 1.91. The molecular weight excluding hydrogens is 334 g/mol. The number of rotatable bonds is 5. The van der Waals surface area contributed by atoms with Crippen LogP contribution in [0.4, 0.5) is 5.82 Å².